The quantitative estimate of drug-likeness (QED) is 0.787. The summed E-state index contributed by atoms with van der Waals surface area (Å²) in [7, 11) is 0. The van der Waals surface area contributed by atoms with E-state index in [0.717, 1.165) is 15.4 Å². The van der Waals surface area contributed by atoms with Crippen LogP contribution in [0.3, 0.4) is 0 Å². The number of benzene rings is 1. The third-order valence-corrected chi connectivity index (χ3v) is 2.55. The third kappa shape index (κ3) is 1.62. The highest BCUT2D eigenvalue weighted by Gasteiger charge is 2.01. The molecule has 0 fully saturated rings. The first-order valence-corrected chi connectivity index (χ1v) is 4.85. The number of anilines is 1. The number of rotatable bonds is 0. The molecule has 2 nitrogen and oxygen atoms in total. The van der Waals surface area contributed by atoms with E-state index >= 15 is 0 Å². The fourth-order valence-corrected chi connectivity index (χ4v) is 1.80. The largest absolute Gasteiger partial charge is 0.384 e. The van der Waals surface area contributed by atoms with Gasteiger partial charge in [0.25, 0.3) is 0 Å². The van der Waals surface area contributed by atoms with Gasteiger partial charge in [-0.2, -0.15) is 0 Å². The molecule has 2 rings (SSSR count). The number of nitrogens with zero attached hydrogens (tertiary/aromatic N) is 1. The number of nitrogens with two attached hydrogens (primary N) is 1. The van der Waals surface area contributed by atoms with Gasteiger partial charge < -0.3 is 5.73 Å². The second kappa shape index (κ2) is 3.16. The van der Waals surface area contributed by atoms with Gasteiger partial charge in [-0.3, -0.25) is 0 Å². The van der Waals surface area contributed by atoms with Crippen LogP contribution in [0, 0.1) is 0 Å². The van der Waals surface area contributed by atoms with Gasteiger partial charge >= 0.3 is 0 Å². The third-order valence-electron chi connectivity index (χ3n) is 1.74. The fourth-order valence-electron chi connectivity index (χ4n) is 1.18. The lowest BCUT2D eigenvalue weighted by Crippen LogP contribution is -1.90. The summed E-state index contributed by atoms with van der Waals surface area (Å²) in [6.45, 7) is 0. The standard InChI is InChI=1S/C9H6BrClN2/c10-5-1-2-6-7(11)4-9(12)13-8(6)3-5/h1-4H,(H2,12,13). The van der Waals surface area contributed by atoms with Crippen molar-refractivity contribution in [3.63, 3.8) is 0 Å². The molecule has 1 aromatic carbocycles. The molecule has 0 bridgehead atoms. The Morgan fingerprint density at radius 2 is 2.08 bits per heavy atom. The molecule has 2 N–H and O–H groups in total. The van der Waals surface area contributed by atoms with E-state index in [1.165, 1.54) is 0 Å². The first-order valence-electron chi connectivity index (χ1n) is 3.68. The number of halogens is 2. The van der Waals surface area contributed by atoms with E-state index in [9.17, 15) is 0 Å². The number of nitrogen functional groups attached to an aromatic ring is 1. The van der Waals surface area contributed by atoms with Crippen molar-refractivity contribution in [2.24, 2.45) is 0 Å². The lowest BCUT2D eigenvalue weighted by atomic mass is 10.2. The molecule has 1 aromatic heterocycles. The minimum absolute atomic E-state index is 0.440. The predicted molar refractivity (Wildman–Crippen MR) is 58.9 cm³/mol. The van der Waals surface area contributed by atoms with Gasteiger partial charge in [-0.15, -0.1) is 0 Å². The van der Waals surface area contributed by atoms with Gasteiger partial charge in [0, 0.05) is 9.86 Å². The molecular formula is C9H6BrClN2. The molecule has 0 radical (unpaired) electrons. The van der Waals surface area contributed by atoms with E-state index < -0.39 is 0 Å². The summed E-state index contributed by atoms with van der Waals surface area (Å²) >= 11 is 9.34. The average Bonchev–Trinajstić information content (AvgIpc) is 2.02. The maximum absolute atomic E-state index is 5.98. The van der Waals surface area contributed by atoms with Gasteiger partial charge in [0.2, 0.25) is 0 Å². The summed E-state index contributed by atoms with van der Waals surface area (Å²) in [5, 5.41) is 1.55. The number of pyridine rings is 1. The molecule has 13 heavy (non-hydrogen) atoms. The van der Waals surface area contributed by atoms with Crippen LogP contribution in [0.15, 0.2) is 28.7 Å². The molecule has 0 aliphatic rings. The molecule has 0 spiro atoms. The number of hydrogen-bond acceptors (Lipinski definition) is 2. The van der Waals surface area contributed by atoms with Gasteiger partial charge in [0.1, 0.15) is 5.82 Å². The first-order chi connectivity index (χ1) is 6.16. The maximum Gasteiger partial charge on any atom is 0.125 e. The lowest BCUT2D eigenvalue weighted by Gasteiger charge is -2.01. The van der Waals surface area contributed by atoms with Crippen molar-refractivity contribution in [3.8, 4) is 0 Å². The minimum atomic E-state index is 0.440. The highest BCUT2D eigenvalue weighted by atomic mass is 79.9. The molecule has 2 aromatic rings. The van der Waals surface area contributed by atoms with Crippen LogP contribution in [0.5, 0.6) is 0 Å². The molecule has 0 aliphatic heterocycles. The molecule has 1 heterocycles. The zero-order chi connectivity index (χ0) is 9.42. The Hall–Kier alpha value is -0.800. The second-order valence-electron chi connectivity index (χ2n) is 2.69. The topological polar surface area (TPSA) is 38.9 Å². The van der Waals surface area contributed by atoms with Gasteiger partial charge in [-0.05, 0) is 18.2 Å². The number of fused-ring (bicyclic) bond motifs is 1. The Bertz CT molecular complexity index is 465. The molecule has 4 heteroatoms. The van der Waals surface area contributed by atoms with Gasteiger partial charge in [0.05, 0.1) is 10.5 Å². The summed E-state index contributed by atoms with van der Waals surface area (Å²) in [5.74, 6) is 0.440. The summed E-state index contributed by atoms with van der Waals surface area (Å²) < 4.78 is 0.967. The summed E-state index contributed by atoms with van der Waals surface area (Å²) in [6, 6.07) is 7.37. The van der Waals surface area contributed by atoms with Gasteiger partial charge in [-0.1, -0.05) is 33.6 Å². The van der Waals surface area contributed by atoms with Gasteiger partial charge in [-0.25, -0.2) is 4.98 Å². The molecule has 0 saturated heterocycles. The van der Waals surface area contributed by atoms with Crippen LogP contribution in [0.25, 0.3) is 10.9 Å². The van der Waals surface area contributed by atoms with Crippen LogP contribution in [-0.2, 0) is 0 Å². The Labute approximate surface area is 88.8 Å². The van der Waals surface area contributed by atoms with E-state index in [2.05, 4.69) is 20.9 Å². The SMILES string of the molecule is Nc1cc(Cl)c2ccc(Br)cc2n1. The van der Waals surface area contributed by atoms with Crippen LogP contribution in [0.1, 0.15) is 0 Å². The van der Waals surface area contributed by atoms with Crippen molar-refractivity contribution in [3.05, 3.63) is 33.8 Å². The molecule has 0 aliphatic carbocycles. The zero-order valence-electron chi connectivity index (χ0n) is 6.59. The number of hydrogen-bond donors (Lipinski definition) is 1. The highest BCUT2D eigenvalue weighted by Crippen LogP contribution is 2.26. The van der Waals surface area contributed by atoms with Gasteiger partial charge in [0.15, 0.2) is 0 Å². The smallest absolute Gasteiger partial charge is 0.125 e. The summed E-state index contributed by atoms with van der Waals surface area (Å²) in [4.78, 5) is 4.16. The van der Waals surface area contributed by atoms with Crippen molar-refractivity contribution in [2.45, 2.75) is 0 Å². The number of aromatic nitrogens is 1. The van der Waals surface area contributed by atoms with Crippen molar-refractivity contribution in [1.29, 1.82) is 0 Å². The van der Waals surface area contributed by atoms with Crippen LogP contribution in [0.4, 0.5) is 5.82 Å². The average molecular weight is 258 g/mol. The molecule has 0 atom stereocenters. The van der Waals surface area contributed by atoms with Crippen molar-refractivity contribution in [1.82, 2.24) is 4.98 Å². The molecule has 0 amide bonds. The Kier molecular flexibility index (Phi) is 2.14. The van der Waals surface area contributed by atoms with Crippen molar-refractivity contribution < 1.29 is 0 Å². The Balaban J connectivity index is 2.86. The van der Waals surface area contributed by atoms with E-state index in [0.29, 0.717) is 10.8 Å². The van der Waals surface area contributed by atoms with Crippen LogP contribution < -0.4 is 5.73 Å². The molecule has 0 unspecified atom stereocenters. The summed E-state index contributed by atoms with van der Waals surface area (Å²) in [5.41, 5.74) is 6.37. The minimum Gasteiger partial charge on any atom is -0.384 e. The second-order valence-corrected chi connectivity index (χ2v) is 4.01. The normalized spacial score (nSPS) is 10.6. The van der Waals surface area contributed by atoms with Crippen LogP contribution >= 0.6 is 27.5 Å². The maximum atomic E-state index is 5.98. The Morgan fingerprint density at radius 3 is 2.85 bits per heavy atom. The predicted octanol–water partition coefficient (Wildman–Crippen LogP) is 3.23. The monoisotopic (exact) mass is 256 g/mol. The highest BCUT2D eigenvalue weighted by molar-refractivity contribution is 9.10. The summed E-state index contributed by atoms with van der Waals surface area (Å²) in [6.07, 6.45) is 0. The van der Waals surface area contributed by atoms with Crippen LogP contribution in [-0.4, -0.2) is 4.98 Å². The van der Waals surface area contributed by atoms with Crippen molar-refractivity contribution in [2.75, 3.05) is 5.73 Å². The van der Waals surface area contributed by atoms with Crippen molar-refractivity contribution >= 4 is 44.3 Å². The van der Waals surface area contributed by atoms with Crippen LogP contribution in [0.2, 0.25) is 5.02 Å². The molecular weight excluding hydrogens is 251 g/mol. The van der Waals surface area contributed by atoms with E-state index in [-0.39, 0.29) is 0 Å². The van der Waals surface area contributed by atoms with E-state index in [1.54, 1.807) is 6.07 Å². The zero-order valence-corrected chi connectivity index (χ0v) is 8.93. The molecule has 0 saturated carbocycles. The Morgan fingerprint density at radius 1 is 1.31 bits per heavy atom. The fraction of sp³-hybridized carbons (Fsp3) is 0. The van der Waals surface area contributed by atoms with E-state index in [4.69, 9.17) is 17.3 Å². The first kappa shape index (κ1) is 8.78. The lowest BCUT2D eigenvalue weighted by molar-refractivity contribution is 1.41. The van der Waals surface area contributed by atoms with E-state index in [1.807, 2.05) is 18.2 Å². The molecule has 66 valence electrons.